The van der Waals surface area contributed by atoms with Gasteiger partial charge in [0.1, 0.15) is 12.0 Å². The highest BCUT2D eigenvalue weighted by atomic mass is 16.3. The molecule has 2 nitrogen and oxygen atoms in total. The Bertz CT molecular complexity index is 676. The van der Waals surface area contributed by atoms with Gasteiger partial charge in [-0.05, 0) is 23.3 Å². The van der Waals surface area contributed by atoms with Gasteiger partial charge in [-0.1, -0.05) is 66.7 Å². The first-order chi connectivity index (χ1) is 10.4. The zero-order valence-electron chi connectivity index (χ0n) is 11.5. The molecule has 0 amide bonds. The van der Waals surface area contributed by atoms with Gasteiger partial charge in [-0.25, -0.2) is 4.98 Å². The molecule has 0 aliphatic heterocycles. The molecule has 1 heterocycles. The van der Waals surface area contributed by atoms with Crippen molar-refractivity contribution in [2.45, 2.75) is 0 Å². The van der Waals surface area contributed by atoms with Crippen LogP contribution in [0.3, 0.4) is 0 Å². The molecule has 102 valence electrons. The summed E-state index contributed by atoms with van der Waals surface area (Å²) in [4.78, 5) is 4.40. The summed E-state index contributed by atoms with van der Waals surface area (Å²) < 4.78 is 5.43. The summed E-state index contributed by atoms with van der Waals surface area (Å²) in [5, 5.41) is 0. The minimum Gasteiger partial charge on any atom is -0.444 e. The van der Waals surface area contributed by atoms with E-state index in [1.54, 1.807) is 6.26 Å². The second-order valence-corrected chi connectivity index (χ2v) is 4.60. The quantitative estimate of drug-likeness (QED) is 0.667. The van der Waals surface area contributed by atoms with Gasteiger partial charge in [0.15, 0.2) is 0 Å². The molecule has 21 heavy (non-hydrogen) atoms. The number of aromatic nitrogens is 1. The monoisotopic (exact) mass is 273 g/mol. The van der Waals surface area contributed by atoms with E-state index in [9.17, 15) is 0 Å². The van der Waals surface area contributed by atoms with Crippen LogP contribution in [0.25, 0.3) is 24.3 Å². The Kier molecular flexibility index (Phi) is 4.08. The van der Waals surface area contributed by atoms with Gasteiger partial charge in [-0.2, -0.15) is 0 Å². The summed E-state index contributed by atoms with van der Waals surface area (Å²) in [6.07, 6.45) is 9.47. The van der Waals surface area contributed by atoms with Crippen molar-refractivity contribution in [1.29, 1.82) is 0 Å². The zero-order chi connectivity index (χ0) is 14.3. The summed E-state index contributed by atoms with van der Waals surface area (Å²) in [5.41, 5.74) is 3.07. The zero-order valence-corrected chi connectivity index (χ0v) is 11.5. The number of hydrogen-bond acceptors (Lipinski definition) is 2. The lowest BCUT2D eigenvalue weighted by atomic mass is 10.2. The Hall–Kier alpha value is -2.87. The molecule has 0 atom stereocenters. The van der Waals surface area contributed by atoms with Gasteiger partial charge in [0.25, 0.3) is 0 Å². The maximum absolute atomic E-state index is 5.43. The average Bonchev–Trinajstić information content (AvgIpc) is 3.01. The van der Waals surface area contributed by atoms with Crippen molar-refractivity contribution < 1.29 is 4.42 Å². The molecule has 0 N–H and O–H groups in total. The Morgan fingerprint density at radius 3 is 1.86 bits per heavy atom. The van der Waals surface area contributed by atoms with E-state index in [2.05, 4.69) is 4.98 Å². The highest BCUT2D eigenvalue weighted by molar-refractivity contribution is 5.69. The Morgan fingerprint density at radius 1 is 0.667 bits per heavy atom. The van der Waals surface area contributed by atoms with Crippen LogP contribution in [-0.4, -0.2) is 4.98 Å². The molecule has 0 saturated carbocycles. The third-order valence-corrected chi connectivity index (χ3v) is 3.00. The van der Waals surface area contributed by atoms with Gasteiger partial charge in [-0.15, -0.1) is 0 Å². The summed E-state index contributed by atoms with van der Waals surface area (Å²) in [6.45, 7) is 0. The summed E-state index contributed by atoms with van der Waals surface area (Å²) in [6, 6.07) is 20.2. The van der Waals surface area contributed by atoms with Crippen LogP contribution in [0.2, 0.25) is 0 Å². The van der Waals surface area contributed by atoms with Crippen LogP contribution in [0.1, 0.15) is 22.7 Å². The van der Waals surface area contributed by atoms with Crippen molar-refractivity contribution >= 4 is 24.3 Å². The standard InChI is InChI=1S/C19H15NO/c1-3-7-16(8-4-1)11-13-18-15-21-19(20-18)14-12-17-9-5-2-6-10-17/h1-15H. The lowest BCUT2D eigenvalue weighted by molar-refractivity contribution is 0.546. The van der Waals surface area contributed by atoms with Crippen LogP contribution >= 0.6 is 0 Å². The molecule has 2 heteroatoms. The molecule has 1 aromatic heterocycles. The maximum atomic E-state index is 5.43. The fraction of sp³-hybridized carbons (Fsp3) is 0. The van der Waals surface area contributed by atoms with Crippen LogP contribution < -0.4 is 0 Å². The molecule has 0 spiro atoms. The number of oxazole rings is 1. The van der Waals surface area contributed by atoms with Gasteiger partial charge in [-0.3, -0.25) is 0 Å². The predicted molar refractivity (Wildman–Crippen MR) is 87.2 cm³/mol. The molecular formula is C19H15NO. The van der Waals surface area contributed by atoms with Crippen LogP contribution in [0.5, 0.6) is 0 Å². The minimum absolute atomic E-state index is 0.603. The SMILES string of the molecule is C(=Cc1coc(C=Cc2ccccc2)n1)c1ccccc1. The first kappa shape index (κ1) is 13.1. The van der Waals surface area contributed by atoms with Crippen molar-refractivity contribution in [1.82, 2.24) is 4.98 Å². The van der Waals surface area contributed by atoms with Crippen molar-refractivity contribution in [2.75, 3.05) is 0 Å². The number of rotatable bonds is 4. The van der Waals surface area contributed by atoms with Crippen molar-refractivity contribution in [3.8, 4) is 0 Å². The van der Waals surface area contributed by atoms with Crippen molar-refractivity contribution in [2.24, 2.45) is 0 Å². The third kappa shape index (κ3) is 3.80. The van der Waals surface area contributed by atoms with E-state index in [0.29, 0.717) is 5.89 Å². The highest BCUT2D eigenvalue weighted by Crippen LogP contribution is 2.11. The van der Waals surface area contributed by atoms with Gasteiger partial charge >= 0.3 is 0 Å². The highest BCUT2D eigenvalue weighted by Gasteiger charge is 1.97. The second-order valence-electron chi connectivity index (χ2n) is 4.60. The summed E-state index contributed by atoms with van der Waals surface area (Å²) in [7, 11) is 0. The van der Waals surface area contributed by atoms with E-state index in [4.69, 9.17) is 4.42 Å². The van der Waals surface area contributed by atoms with Crippen molar-refractivity contribution in [3.63, 3.8) is 0 Å². The van der Waals surface area contributed by atoms with E-state index < -0.39 is 0 Å². The Morgan fingerprint density at radius 2 is 1.24 bits per heavy atom. The van der Waals surface area contributed by atoms with Crippen LogP contribution in [0, 0.1) is 0 Å². The average molecular weight is 273 g/mol. The molecule has 0 saturated heterocycles. The smallest absolute Gasteiger partial charge is 0.219 e. The first-order valence-corrected chi connectivity index (χ1v) is 6.82. The lowest BCUT2D eigenvalue weighted by Gasteiger charge is -1.89. The fourth-order valence-electron chi connectivity index (χ4n) is 1.93. The van der Waals surface area contributed by atoms with E-state index >= 15 is 0 Å². The van der Waals surface area contributed by atoms with E-state index in [0.717, 1.165) is 16.8 Å². The van der Waals surface area contributed by atoms with Gasteiger partial charge < -0.3 is 4.42 Å². The molecular weight excluding hydrogens is 258 g/mol. The van der Waals surface area contributed by atoms with Gasteiger partial charge in [0, 0.05) is 6.08 Å². The second kappa shape index (κ2) is 6.53. The molecule has 0 unspecified atom stereocenters. The first-order valence-electron chi connectivity index (χ1n) is 6.82. The fourth-order valence-corrected chi connectivity index (χ4v) is 1.93. The normalized spacial score (nSPS) is 11.4. The molecule has 2 aromatic carbocycles. The molecule has 0 bridgehead atoms. The molecule has 0 radical (unpaired) electrons. The minimum atomic E-state index is 0.603. The number of hydrogen-bond donors (Lipinski definition) is 0. The maximum Gasteiger partial charge on any atom is 0.219 e. The van der Waals surface area contributed by atoms with Gasteiger partial charge in [0.05, 0.1) is 0 Å². The molecule has 3 rings (SSSR count). The van der Waals surface area contributed by atoms with Gasteiger partial charge in [0.2, 0.25) is 5.89 Å². The number of benzene rings is 2. The Labute approximate surface area is 124 Å². The lowest BCUT2D eigenvalue weighted by Crippen LogP contribution is -1.74. The van der Waals surface area contributed by atoms with Crippen molar-refractivity contribution in [3.05, 3.63) is 89.6 Å². The molecule has 0 fully saturated rings. The third-order valence-electron chi connectivity index (χ3n) is 3.00. The van der Waals surface area contributed by atoms with Crippen LogP contribution in [0.15, 0.2) is 71.3 Å². The molecule has 0 aliphatic rings. The van der Waals surface area contributed by atoms with E-state index in [1.165, 1.54) is 0 Å². The largest absolute Gasteiger partial charge is 0.444 e. The molecule has 3 aromatic rings. The number of nitrogens with zero attached hydrogens (tertiary/aromatic N) is 1. The van der Waals surface area contributed by atoms with E-state index in [-0.39, 0.29) is 0 Å². The summed E-state index contributed by atoms with van der Waals surface area (Å²) in [5.74, 6) is 0.603. The topological polar surface area (TPSA) is 26.0 Å². The summed E-state index contributed by atoms with van der Waals surface area (Å²) >= 11 is 0. The Balaban J connectivity index is 1.69. The predicted octanol–water partition coefficient (Wildman–Crippen LogP) is 5.02. The van der Waals surface area contributed by atoms with E-state index in [1.807, 2.05) is 85.0 Å². The molecule has 0 aliphatic carbocycles. The van der Waals surface area contributed by atoms with Crippen LogP contribution in [0.4, 0.5) is 0 Å². The van der Waals surface area contributed by atoms with Crippen LogP contribution in [-0.2, 0) is 0 Å².